The Bertz CT molecular complexity index is 497. The molecule has 0 saturated carbocycles. The molecule has 1 N–H and O–H groups in total. The molecule has 5 heterocycles. The number of nitrogens with one attached hydrogen (secondary N) is 1. The van der Waals surface area contributed by atoms with E-state index in [1.807, 2.05) is 0 Å². The summed E-state index contributed by atoms with van der Waals surface area (Å²) in [5.41, 5.74) is 0. The van der Waals surface area contributed by atoms with Crippen molar-refractivity contribution in [2.75, 3.05) is 90.2 Å². The minimum atomic E-state index is -0.0746. The molecule has 8 heteroatoms. The first-order valence-electron chi connectivity index (χ1n) is 12.1. The Kier molecular flexibility index (Phi) is 7.00. The molecule has 166 valence electrons. The first-order chi connectivity index (χ1) is 14.4. The zero-order chi connectivity index (χ0) is 19.5. The van der Waals surface area contributed by atoms with Crippen LogP contribution in [0.1, 0.15) is 32.1 Å². The average Bonchev–Trinajstić information content (AvgIpc) is 3.35. The van der Waals surface area contributed by atoms with Crippen LogP contribution in [-0.4, -0.2) is 127 Å². The Hall–Kier alpha value is 0.0700. The van der Waals surface area contributed by atoms with Gasteiger partial charge in [-0.05, 0) is 38.8 Å². The van der Waals surface area contributed by atoms with Crippen LogP contribution in [-0.2, 0) is 4.74 Å². The SMILES string of the molecule is C1CCN(C2(N3CCOCC3)C(N3CCCC3)NCCN2N2CCSCC2)CC1. The predicted octanol–water partition coefficient (Wildman–Crippen LogP) is 0.749. The van der Waals surface area contributed by atoms with Crippen molar-refractivity contribution in [2.24, 2.45) is 0 Å². The number of ether oxygens (including phenoxy) is 1. The monoisotopic (exact) mass is 424 g/mol. The highest BCUT2D eigenvalue weighted by Crippen LogP contribution is 2.38. The summed E-state index contributed by atoms with van der Waals surface area (Å²) in [6.45, 7) is 13.3. The van der Waals surface area contributed by atoms with E-state index in [2.05, 4.69) is 41.8 Å². The van der Waals surface area contributed by atoms with E-state index in [9.17, 15) is 0 Å². The number of piperazine rings is 1. The number of hydrogen-bond donors (Lipinski definition) is 1. The molecule has 0 radical (unpaired) electrons. The van der Waals surface area contributed by atoms with Crippen molar-refractivity contribution in [1.29, 1.82) is 0 Å². The Morgan fingerprint density at radius 1 is 0.724 bits per heavy atom. The van der Waals surface area contributed by atoms with Crippen LogP contribution >= 0.6 is 11.8 Å². The van der Waals surface area contributed by atoms with Crippen molar-refractivity contribution < 1.29 is 4.74 Å². The number of piperidine rings is 1. The highest BCUT2D eigenvalue weighted by atomic mass is 32.2. The molecule has 2 atom stereocenters. The number of hydrazine groups is 1. The summed E-state index contributed by atoms with van der Waals surface area (Å²) in [7, 11) is 0. The summed E-state index contributed by atoms with van der Waals surface area (Å²) in [6.07, 6.45) is 7.13. The topological polar surface area (TPSA) is 37.5 Å². The predicted molar refractivity (Wildman–Crippen MR) is 119 cm³/mol. The smallest absolute Gasteiger partial charge is 0.174 e. The lowest BCUT2D eigenvalue weighted by atomic mass is 10.0. The number of hydrogen-bond acceptors (Lipinski definition) is 8. The summed E-state index contributed by atoms with van der Waals surface area (Å²) >= 11 is 2.12. The van der Waals surface area contributed by atoms with Gasteiger partial charge in [0.05, 0.1) is 13.2 Å². The molecule has 29 heavy (non-hydrogen) atoms. The Balaban J connectivity index is 1.56. The van der Waals surface area contributed by atoms with Gasteiger partial charge in [0.15, 0.2) is 5.79 Å². The maximum Gasteiger partial charge on any atom is 0.174 e. The number of morpholine rings is 1. The fraction of sp³-hybridized carbons (Fsp3) is 1.00. The van der Waals surface area contributed by atoms with Gasteiger partial charge in [-0.15, -0.1) is 0 Å². The lowest BCUT2D eigenvalue weighted by Crippen LogP contribution is -2.86. The quantitative estimate of drug-likeness (QED) is 0.709. The van der Waals surface area contributed by atoms with Gasteiger partial charge in [-0.25, -0.2) is 10.0 Å². The molecule has 0 aliphatic carbocycles. The largest absolute Gasteiger partial charge is 0.379 e. The summed E-state index contributed by atoms with van der Waals surface area (Å²) < 4.78 is 5.83. The van der Waals surface area contributed by atoms with E-state index in [1.54, 1.807) is 0 Å². The van der Waals surface area contributed by atoms with Gasteiger partial charge in [-0.1, -0.05) is 6.42 Å². The summed E-state index contributed by atoms with van der Waals surface area (Å²) in [5.74, 6) is 2.45. The second kappa shape index (κ2) is 9.69. The third-order valence-electron chi connectivity index (χ3n) is 7.54. The number of likely N-dealkylation sites (tertiary alicyclic amines) is 2. The minimum Gasteiger partial charge on any atom is -0.379 e. The normalized spacial score (nSPS) is 37.9. The van der Waals surface area contributed by atoms with Crippen molar-refractivity contribution >= 4 is 11.8 Å². The zero-order valence-corrected chi connectivity index (χ0v) is 18.9. The molecule has 5 fully saturated rings. The lowest BCUT2D eigenvalue weighted by Gasteiger charge is -2.66. The maximum absolute atomic E-state index is 5.83. The molecule has 0 aromatic rings. The summed E-state index contributed by atoms with van der Waals surface area (Å²) in [4.78, 5) is 8.45. The minimum absolute atomic E-state index is 0.0746. The van der Waals surface area contributed by atoms with E-state index >= 15 is 0 Å². The molecule has 5 saturated heterocycles. The Morgan fingerprint density at radius 3 is 2.10 bits per heavy atom. The molecule has 2 unspecified atom stereocenters. The molecule has 0 spiro atoms. The van der Waals surface area contributed by atoms with E-state index in [1.165, 1.54) is 82.9 Å². The van der Waals surface area contributed by atoms with Crippen molar-refractivity contribution in [3.8, 4) is 0 Å². The van der Waals surface area contributed by atoms with E-state index in [0.29, 0.717) is 6.17 Å². The maximum atomic E-state index is 5.83. The Morgan fingerprint density at radius 2 is 1.38 bits per heavy atom. The van der Waals surface area contributed by atoms with Gasteiger partial charge >= 0.3 is 0 Å². The second-order valence-electron chi connectivity index (χ2n) is 9.12. The van der Waals surface area contributed by atoms with Crippen molar-refractivity contribution in [1.82, 2.24) is 30.0 Å². The molecule has 0 aromatic carbocycles. The molecule has 0 amide bonds. The zero-order valence-electron chi connectivity index (χ0n) is 18.1. The number of thioether (sulfide) groups is 1. The average molecular weight is 425 g/mol. The number of nitrogens with zero attached hydrogens (tertiary/aromatic N) is 5. The van der Waals surface area contributed by atoms with Crippen molar-refractivity contribution in [3.63, 3.8) is 0 Å². The van der Waals surface area contributed by atoms with Gasteiger partial charge in [-0.2, -0.15) is 11.8 Å². The van der Waals surface area contributed by atoms with E-state index in [0.717, 1.165) is 39.4 Å². The van der Waals surface area contributed by atoms with E-state index in [4.69, 9.17) is 4.74 Å². The van der Waals surface area contributed by atoms with Crippen LogP contribution in [0.15, 0.2) is 0 Å². The van der Waals surface area contributed by atoms with Gasteiger partial charge in [0.2, 0.25) is 0 Å². The van der Waals surface area contributed by atoms with Crippen LogP contribution in [0.3, 0.4) is 0 Å². The van der Waals surface area contributed by atoms with Gasteiger partial charge in [0.25, 0.3) is 0 Å². The van der Waals surface area contributed by atoms with Crippen LogP contribution in [0.2, 0.25) is 0 Å². The van der Waals surface area contributed by atoms with Crippen LogP contribution in [0.5, 0.6) is 0 Å². The highest BCUT2D eigenvalue weighted by Gasteiger charge is 2.58. The van der Waals surface area contributed by atoms with Gasteiger partial charge in [0, 0.05) is 63.9 Å². The van der Waals surface area contributed by atoms with Gasteiger partial charge in [-0.3, -0.25) is 20.0 Å². The molecule has 5 rings (SSSR count). The molecular formula is C21H40N6OS. The first kappa shape index (κ1) is 20.9. The molecule has 7 nitrogen and oxygen atoms in total. The Labute approximate surface area is 181 Å². The molecule has 0 aromatic heterocycles. The molecule has 5 aliphatic rings. The van der Waals surface area contributed by atoms with Crippen LogP contribution in [0.4, 0.5) is 0 Å². The third kappa shape index (κ3) is 4.00. The van der Waals surface area contributed by atoms with E-state index < -0.39 is 0 Å². The molecule has 0 bridgehead atoms. The summed E-state index contributed by atoms with van der Waals surface area (Å²) in [6, 6.07) is 0. The summed E-state index contributed by atoms with van der Waals surface area (Å²) in [5, 5.41) is 9.61. The fourth-order valence-electron chi connectivity index (χ4n) is 6.26. The molecule has 5 aliphatic heterocycles. The molecular weight excluding hydrogens is 384 g/mol. The lowest BCUT2D eigenvalue weighted by molar-refractivity contribution is -0.302. The first-order valence-corrected chi connectivity index (χ1v) is 13.2. The van der Waals surface area contributed by atoms with Gasteiger partial charge < -0.3 is 4.74 Å². The fourth-order valence-corrected chi connectivity index (χ4v) is 7.14. The van der Waals surface area contributed by atoms with Crippen LogP contribution < -0.4 is 5.32 Å². The van der Waals surface area contributed by atoms with E-state index in [-0.39, 0.29) is 5.79 Å². The van der Waals surface area contributed by atoms with Gasteiger partial charge in [0.1, 0.15) is 6.17 Å². The number of rotatable bonds is 4. The second-order valence-corrected chi connectivity index (χ2v) is 10.3. The third-order valence-corrected chi connectivity index (χ3v) is 8.48. The van der Waals surface area contributed by atoms with Crippen molar-refractivity contribution in [3.05, 3.63) is 0 Å². The highest BCUT2D eigenvalue weighted by molar-refractivity contribution is 7.99. The standard InChI is InChI=1S/C21H40N6OS/c1-2-9-24(10-3-1)21(25-12-16-28-17-13-25)20(23-7-4-5-8-23)22-6-11-27(21)26-14-18-29-19-15-26/h20,22H,1-19H2. The van der Waals surface area contributed by atoms with Crippen LogP contribution in [0, 0.1) is 0 Å². The van der Waals surface area contributed by atoms with Crippen molar-refractivity contribution in [2.45, 2.75) is 44.1 Å². The van der Waals surface area contributed by atoms with Crippen LogP contribution in [0.25, 0.3) is 0 Å².